The molecule has 0 heterocycles. The average molecular weight is 488 g/mol. The van der Waals surface area contributed by atoms with E-state index in [1.54, 1.807) is 38.4 Å². The molecule has 0 radical (unpaired) electrons. The zero-order valence-corrected chi connectivity index (χ0v) is 17.8. The molecular weight excluding hydrogens is 467 g/mol. The van der Waals surface area contributed by atoms with Crippen LogP contribution in [0.4, 0.5) is 5.69 Å². The highest BCUT2D eigenvalue weighted by molar-refractivity contribution is 14.1. The second kappa shape index (κ2) is 8.72. The molecule has 0 aliphatic carbocycles. The molecule has 2 aromatic carbocycles. The third-order valence-electron chi connectivity index (χ3n) is 3.82. The van der Waals surface area contributed by atoms with Crippen molar-refractivity contribution in [1.29, 1.82) is 0 Å². The molecule has 0 N–H and O–H groups in total. The van der Waals surface area contributed by atoms with Gasteiger partial charge in [0.1, 0.15) is 12.3 Å². The summed E-state index contributed by atoms with van der Waals surface area (Å²) in [6.45, 7) is 0.0677. The third-order valence-corrected chi connectivity index (χ3v) is 5.68. The van der Waals surface area contributed by atoms with Gasteiger partial charge in [-0.2, -0.15) is 0 Å². The second-order valence-electron chi connectivity index (χ2n) is 5.81. The Morgan fingerprint density at radius 1 is 1.12 bits per heavy atom. The van der Waals surface area contributed by atoms with Gasteiger partial charge in [0.05, 0.1) is 19.1 Å². The maximum atomic E-state index is 12.6. The Morgan fingerprint density at radius 2 is 1.73 bits per heavy atom. The molecule has 0 unspecified atom stereocenters. The number of hydrogen-bond acceptors (Lipinski definition) is 4. The van der Waals surface area contributed by atoms with Crippen molar-refractivity contribution in [3.8, 4) is 5.75 Å². The van der Waals surface area contributed by atoms with Crippen molar-refractivity contribution in [2.24, 2.45) is 0 Å². The van der Waals surface area contributed by atoms with E-state index in [0.717, 1.165) is 19.7 Å². The van der Waals surface area contributed by atoms with E-state index in [2.05, 4.69) is 22.6 Å². The first-order chi connectivity index (χ1) is 12.2. The standard InChI is InChI=1S/C18H21IN2O4S/c1-20(12-14-6-4-5-7-17(14)25-2)18(22)13-21(26(3,23)24)16-10-8-15(19)9-11-16/h4-11H,12-13H2,1-3H3. The number of benzene rings is 2. The number of halogens is 1. The molecule has 1 amide bonds. The van der Waals surface area contributed by atoms with Gasteiger partial charge in [0.15, 0.2) is 0 Å². The number of sulfonamides is 1. The molecule has 2 rings (SSSR count). The first kappa shape index (κ1) is 20.5. The number of rotatable bonds is 7. The van der Waals surface area contributed by atoms with Gasteiger partial charge in [-0.25, -0.2) is 8.42 Å². The fraction of sp³-hybridized carbons (Fsp3) is 0.278. The topological polar surface area (TPSA) is 66.9 Å². The lowest BCUT2D eigenvalue weighted by molar-refractivity contribution is -0.128. The smallest absolute Gasteiger partial charge is 0.243 e. The number of ether oxygens (including phenoxy) is 1. The number of para-hydroxylation sites is 1. The van der Waals surface area contributed by atoms with Crippen LogP contribution in [0.5, 0.6) is 5.75 Å². The van der Waals surface area contributed by atoms with Crippen molar-refractivity contribution in [1.82, 2.24) is 4.90 Å². The molecule has 6 nitrogen and oxygen atoms in total. The van der Waals surface area contributed by atoms with E-state index in [1.807, 2.05) is 24.3 Å². The van der Waals surface area contributed by atoms with E-state index in [1.165, 1.54) is 4.90 Å². The van der Waals surface area contributed by atoms with Gasteiger partial charge in [0.25, 0.3) is 0 Å². The minimum Gasteiger partial charge on any atom is -0.496 e. The summed E-state index contributed by atoms with van der Waals surface area (Å²) in [5.41, 5.74) is 1.32. The maximum absolute atomic E-state index is 12.6. The van der Waals surface area contributed by atoms with Gasteiger partial charge in [-0.15, -0.1) is 0 Å². The lowest BCUT2D eigenvalue weighted by atomic mass is 10.2. The lowest BCUT2D eigenvalue weighted by Crippen LogP contribution is -2.41. The molecule has 2 aromatic rings. The average Bonchev–Trinajstić information content (AvgIpc) is 2.60. The zero-order chi connectivity index (χ0) is 19.3. The Hall–Kier alpha value is -1.81. The van der Waals surface area contributed by atoms with Gasteiger partial charge in [-0.3, -0.25) is 9.10 Å². The van der Waals surface area contributed by atoms with E-state index in [4.69, 9.17) is 4.74 Å². The fourth-order valence-corrected chi connectivity index (χ4v) is 3.64. The number of likely N-dealkylation sites (N-methyl/N-ethyl adjacent to an activating group) is 1. The summed E-state index contributed by atoms with van der Waals surface area (Å²) in [7, 11) is -0.372. The van der Waals surface area contributed by atoms with Crippen LogP contribution in [-0.4, -0.2) is 46.2 Å². The minimum atomic E-state index is -3.59. The molecule has 0 bridgehead atoms. The number of amides is 1. The number of anilines is 1. The van der Waals surface area contributed by atoms with Crippen molar-refractivity contribution in [3.63, 3.8) is 0 Å². The molecule has 8 heteroatoms. The summed E-state index contributed by atoms with van der Waals surface area (Å²) < 4.78 is 31.7. The highest BCUT2D eigenvalue weighted by Gasteiger charge is 2.23. The monoisotopic (exact) mass is 488 g/mol. The minimum absolute atomic E-state index is 0.259. The van der Waals surface area contributed by atoms with Gasteiger partial charge in [-0.05, 0) is 52.9 Å². The van der Waals surface area contributed by atoms with Crippen LogP contribution in [0.1, 0.15) is 5.56 Å². The highest BCUT2D eigenvalue weighted by Crippen LogP contribution is 2.21. The predicted molar refractivity (Wildman–Crippen MR) is 111 cm³/mol. The maximum Gasteiger partial charge on any atom is 0.243 e. The van der Waals surface area contributed by atoms with Crippen LogP contribution < -0.4 is 9.04 Å². The Kier molecular flexibility index (Phi) is 6.87. The van der Waals surface area contributed by atoms with E-state index >= 15 is 0 Å². The highest BCUT2D eigenvalue weighted by atomic mass is 127. The summed E-state index contributed by atoms with van der Waals surface area (Å²) in [6.07, 6.45) is 1.10. The van der Waals surface area contributed by atoms with Crippen LogP contribution in [0.2, 0.25) is 0 Å². The quantitative estimate of drug-likeness (QED) is 0.563. The summed E-state index contributed by atoms with van der Waals surface area (Å²) in [5.74, 6) is 0.379. The summed E-state index contributed by atoms with van der Waals surface area (Å²) in [6, 6.07) is 14.4. The number of carbonyl (C=O) groups is 1. The molecule has 0 saturated heterocycles. The van der Waals surface area contributed by atoms with Crippen LogP contribution in [0.15, 0.2) is 48.5 Å². The Balaban J connectivity index is 2.17. The van der Waals surface area contributed by atoms with Crippen LogP contribution >= 0.6 is 22.6 Å². The summed E-state index contributed by atoms with van der Waals surface area (Å²) in [4.78, 5) is 14.1. The number of nitrogens with zero attached hydrogens (tertiary/aromatic N) is 2. The molecule has 0 aliphatic heterocycles. The fourth-order valence-electron chi connectivity index (χ4n) is 2.43. The number of methoxy groups -OCH3 is 1. The molecular formula is C18H21IN2O4S. The molecule has 26 heavy (non-hydrogen) atoms. The van der Waals surface area contributed by atoms with Gasteiger partial charge < -0.3 is 9.64 Å². The molecule has 0 atom stereocenters. The summed E-state index contributed by atoms with van der Waals surface area (Å²) in [5, 5.41) is 0. The van der Waals surface area contributed by atoms with Crippen molar-refractivity contribution >= 4 is 44.2 Å². The molecule has 0 saturated carbocycles. The van der Waals surface area contributed by atoms with Crippen LogP contribution in [-0.2, 0) is 21.4 Å². The van der Waals surface area contributed by atoms with Crippen molar-refractivity contribution in [3.05, 3.63) is 57.7 Å². The van der Waals surface area contributed by atoms with Crippen LogP contribution in [0.25, 0.3) is 0 Å². The molecule has 140 valence electrons. The Labute approximate surface area is 167 Å². The Morgan fingerprint density at radius 3 is 2.31 bits per heavy atom. The Bertz CT molecular complexity index is 869. The largest absolute Gasteiger partial charge is 0.496 e. The van der Waals surface area contributed by atoms with Gasteiger partial charge in [0, 0.05) is 22.7 Å². The van der Waals surface area contributed by atoms with E-state index < -0.39 is 10.0 Å². The van der Waals surface area contributed by atoms with Crippen molar-refractivity contribution in [2.45, 2.75) is 6.54 Å². The number of carbonyl (C=O) groups excluding carboxylic acids is 1. The van der Waals surface area contributed by atoms with Crippen LogP contribution in [0.3, 0.4) is 0 Å². The zero-order valence-electron chi connectivity index (χ0n) is 14.8. The molecule has 0 aromatic heterocycles. The lowest BCUT2D eigenvalue weighted by Gasteiger charge is -2.25. The van der Waals surface area contributed by atoms with Crippen LogP contribution in [0, 0.1) is 3.57 Å². The SMILES string of the molecule is COc1ccccc1CN(C)C(=O)CN(c1ccc(I)cc1)S(C)(=O)=O. The van der Waals surface area contributed by atoms with Crippen molar-refractivity contribution in [2.75, 3.05) is 31.3 Å². The van der Waals surface area contributed by atoms with E-state index in [9.17, 15) is 13.2 Å². The molecule has 0 aliphatic rings. The third kappa shape index (κ3) is 5.34. The van der Waals surface area contributed by atoms with Gasteiger partial charge >= 0.3 is 0 Å². The number of hydrogen-bond donors (Lipinski definition) is 0. The second-order valence-corrected chi connectivity index (χ2v) is 8.96. The van der Waals surface area contributed by atoms with Gasteiger partial charge in [0.2, 0.25) is 15.9 Å². The van der Waals surface area contributed by atoms with E-state index in [0.29, 0.717) is 18.0 Å². The predicted octanol–water partition coefficient (Wildman–Crippen LogP) is 2.72. The molecule has 0 fully saturated rings. The first-order valence-corrected chi connectivity index (χ1v) is 10.7. The van der Waals surface area contributed by atoms with Gasteiger partial charge in [-0.1, -0.05) is 18.2 Å². The summed E-state index contributed by atoms with van der Waals surface area (Å²) >= 11 is 2.14. The van der Waals surface area contributed by atoms with E-state index in [-0.39, 0.29) is 12.5 Å². The molecule has 0 spiro atoms. The normalized spacial score (nSPS) is 11.1. The first-order valence-electron chi connectivity index (χ1n) is 7.81. The van der Waals surface area contributed by atoms with Crippen molar-refractivity contribution < 1.29 is 17.9 Å².